The third kappa shape index (κ3) is 3.32. The van der Waals surface area contributed by atoms with Crippen LogP contribution in [-0.4, -0.2) is 0 Å². The number of hydrogen-bond acceptors (Lipinski definition) is 0. The van der Waals surface area contributed by atoms with E-state index in [1.54, 1.807) is 6.07 Å². The van der Waals surface area contributed by atoms with Gasteiger partial charge in [0.25, 0.3) is 0 Å². The lowest BCUT2D eigenvalue weighted by Gasteiger charge is -2.43. The molecule has 0 amide bonds. The summed E-state index contributed by atoms with van der Waals surface area (Å²) in [4.78, 5) is 0. The predicted octanol–water partition coefficient (Wildman–Crippen LogP) is 8.14. The molecule has 0 saturated carbocycles. The highest BCUT2D eigenvalue weighted by Crippen LogP contribution is 2.52. The molecule has 0 bridgehead atoms. The van der Waals surface area contributed by atoms with E-state index < -0.39 is 0 Å². The van der Waals surface area contributed by atoms with Gasteiger partial charge in [-0.15, -0.1) is 0 Å². The van der Waals surface area contributed by atoms with Gasteiger partial charge in [0.05, 0.1) is 0 Å². The number of benzene rings is 2. The van der Waals surface area contributed by atoms with Crippen LogP contribution in [0.2, 0.25) is 0 Å². The number of aryl methyl sites for hydroxylation is 1. The van der Waals surface area contributed by atoms with Crippen LogP contribution in [0, 0.1) is 30.0 Å². The first-order valence-corrected chi connectivity index (χ1v) is 10.5. The third-order valence-electron chi connectivity index (χ3n) is 6.32. The Bertz CT molecular complexity index is 1130. The third-order valence-corrected chi connectivity index (χ3v) is 6.67. The molecular weight excluding hydrogens is 379 g/mol. The first kappa shape index (κ1) is 19.9. The topological polar surface area (TPSA) is 0 Å². The Morgan fingerprint density at radius 1 is 1.07 bits per heavy atom. The molecule has 4 rings (SSSR count). The van der Waals surface area contributed by atoms with E-state index in [9.17, 15) is 4.39 Å². The van der Waals surface area contributed by atoms with Crippen LogP contribution in [0.1, 0.15) is 31.9 Å². The molecule has 2 atom stereocenters. The average Bonchev–Trinajstić information content (AvgIpc) is 2.67. The highest BCUT2D eigenvalue weighted by molar-refractivity contribution is 6.30. The Morgan fingerprint density at radius 2 is 1.86 bits per heavy atom. The molecule has 2 aliphatic carbocycles. The fraction of sp³-hybridized carbons (Fsp3) is 0.259. The molecule has 2 heteroatoms. The maximum atomic E-state index is 14.8. The molecule has 0 heterocycles. The molecule has 0 spiro atoms. The normalized spacial score (nSPS) is 24.0. The van der Waals surface area contributed by atoms with Crippen LogP contribution in [0.3, 0.4) is 0 Å². The maximum absolute atomic E-state index is 14.8. The van der Waals surface area contributed by atoms with Gasteiger partial charge in [-0.1, -0.05) is 98.7 Å². The van der Waals surface area contributed by atoms with Crippen molar-refractivity contribution in [3.05, 3.63) is 99.9 Å². The molecule has 0 aliphatic heterocycles. The van der Waals surface area contributed by atoms with E-state index in [0.717, 1.165) is 26.9 Å². The standard InChI is InChI=1S/C27H26ClF/c1-17(2)21-13-11-20(27(4)16-6-9-23(28)26(21)27)12-14-22-24(29)15-10-19-8-5-7-18(3)25(19)22/h5-17,26H,1-4H3/b14-12+. The minimum atomic E-state index is -0.243. The van der Waals surface area contributed by atoms with Crippen molar-refractivity contribution in [2.45, 2.75) is 27.7 Å². The molecule has 0 N–H and O–H groups in total. The van der Waals surface area contributed by atoms with Gasteiger partial charge in [0.1, 0.15) is 5.82 Å². The molecule has 0 fully saturated rings. The van der Waals surface area contributed by atoms with Gasteiger partial charge < -0.3 is 0 Å². The molecule has 2 aromatic carbocycles. The molecule has 29 heavy (non-hydrogen) atoms. The van der Waals surface area contributed by atoms with E-state index >= 15 is 0 Å². The van der Waals surface area contributed by atoms with Crippen molar-refractivity contribution in [1.82, 2.24) is 0 Å². The zero-order valence-electron chi connectivity index (χ0n) is 17.3. The molecule has 2 unspecified atom stereocenters. The number of halogens is 2. The second-order valence-corrected chi connectivity index (χ2v) is 8.97. The Labute approximate surface area is 177 Å². The van der Waals surface area contributed by atoms with Gasteiger partial charge in [-0.25, -0.2) is 4.39 Å². The molecule has 0 aromatic heterocycles. The lowest BCUT2D eigenvalue weighted by atomic mass is 9.62. The van der Waals surface area contributed by atoms with Crippen LogP contribution in [0.25, 0.3) is 16.8 Å². The van der Waals surface area contributed by atoms with Crippen LogP contribution in [-0.2, 0) is 0 Å². The van der Waals surface area contributed by atoms with Crippen molar-refractivity contribution >= 4 is 28.4 Å². The lowest BCUT2D eigenvalue weighted by molar-refractivity contribution is 0.382. The number of allylic oxidation sites excluding steroid dienone is 9. The van der Waals surface area contributed by atoms with Gasteiger partial charge >= 0.3 is 0 Å². The van der Waals surface area contributed by atoms with Crippen LogP contribution in [0.4, 0.5) is 4.39 Å². The molecule has 148 valence electrons. The lowest BCUT2D eigenvalue weighted by Crippen LogP contribution is -2.34. The predicted molar refractivity (Wildman–Crippen MR) is 123 cm³/mol. The Kier molecular flexibility index (Phi) is 5.12. The van der Waals surface area contributed by atoms with Gasteiger partial charge in [0.15, 0.2) is 0 Å². The monoisotopic (exact) mass is 404 g/mol. The van der Waals surface area contributed by atoms with Gasteiger partial charge in [0.2, 0.25) is 0 Å². The summed E-state index contributed by atoms with van der Waals surface area (Å²) in [5.74, 6) is 0.336. The summed E-state index contributed by atoms with van der Waals surface area (Å²) in [5, 5.41) is 2.89. The van der Waals surface area contributed by atoms with Crippen molar-refractivity contribution in [3.63, 3.8) is 0 Å². The number of fused-ring (bicyclic) bond motifs is 2. The van der Waals surface area contributed by atoms with Crippen LogP contribution >= 0.6 is 11.6 Å². The van der Waals surface area contributed by atoms with Gasteiger partial charge in [-0.05, 0) is 46.9 Å². The fourth-order valence-corrected chi connectivity index (χ4v) is 5.14. The Balaban J connectivity index is 1.84. The van der Waals surface area contributed by atoms with Gasteiger partial charge in [-0.2, -0.15) is 0 Å². The van der Waals surface area contributed by atoms with Crippen LogP contribution < -0.4 is 0 Å². The van der Waals surface area contributed by atoms with Crippen molar-refractivity contribution in [2.75, 3.05) is 0 Å². The summed E-state index contributed by atoms with van der Waals surface area (Å²) < 4.78 is 14.8. The van der Waals surface area contributed by atoms with Gasteiger partial charge in [0, 0.05) is 21.9 Å². The highest BCUT2D eigenvalue weighted by Gasteiger charge is 2.42. The Hall–Kier alpha value is -2.38. The van der Waals surface area contributed by atoms with E-state index in [1.807, 2.05) is 49.4 Å². The SMILES string of the molecule is Cc1cccc2ccc(F)c(/C=C/C3=CC=C(C(C)C)C4C(Cl)=CC=CC34C)c12. The quantitative estimate of drug-likeness (QED) is 0.484. The minimum Gasteiger partial charge on any atom is -0.206 e. The first-order valence-electron chi connectivity index (χ1n) is 10.2. The Morgan fingerprint density at radius 3 is 2.62 bits per heavy atom. The van der Waals surface area contributed by atoms with E-state index in [2.05, 4.69) is 45.1 Å². The van der Waals surface area contributed by atoms with E-state index in [1.165, 1.54) is 5.57 Å². The average molecular weight is 405 g/mol. The summed E-state index contributed by atoms with van der Waals surface area (Å²) >= 11 is 6.68. The summed E-state index contributed by atoms with van der Waals surface area (Å²) in [5.41, 5.74) is 3.95. The second kappa shape index (κ2) is 7.46. The molecule has 2 aliphatic rings. The summed E-state index contributed by atoms with van der Waals surface area (Å²) in [7, 11) is 0. The number of rotatable bonds is 3. The molecule has 0 radical (unpaired) electrons. The van der Waals surface area contributed by atoms with Crippen molar-refractivity contribution < 1.29 is 4.39 Å². The number of hydrogen-bond donors (Lipinski definition) is 0. The van der Waals surface area contributed by atoms with Gasteiger partial charge in [-0.3, -0.25) is 0 Å². The summed E-state index contributed by atoms with van der Waals surface area (Å²) in [6, 6.07) is 9.47. The minimum absolute atomic E-state index is 0.123. The molecule has 0 saturated heterocycles. The molecule has 0 nitrogen and oxygen atoms in total. The second-order valence-electron chi connectivity index (χ2n) is 8.54. The highest BCUT2D eigenvalue weighted by atomic mass is 35.5. The zero-order valence-corrected chi connectivity index (χ0v) is 18.1. The summed E-state index contributed by atoms with van der Waals surface area (Å²) in [6.45, 7) is 8.66. The van der Waals surface area contributed by atoms with Crippen molar-refractivity contribution in [2.24, 2.45) is 17.3 Å². The van der Waals surface area contributed by atoms with Crippen LogP contribution in [0.5, 0.6) is 0 Å². The van der Waals surface area contributed by atoms with Crippen molar-refractivity contribution in [3.8, 4) is 0 Å². The summed E-state index contributed by atoms with van der Waals surface area (Å²) in [6.07, 6.45) is 14.6. The van der Waals surface area contributed by atoms with E-state index in [-0.39, 0.29) is 17.2 Å². The maximum Gasteiger partial charge on any atom is 0.131 e. The molecular formula is C27H26ClF. The smallest absolute Gasteiger partial charge is 0.131 e. The largest absolute Gasteiger partial charge is 0.206 e. The van der Waals surface area contributed by atoms with E-state index in [4.69, 9.17) is 11.6 Å². The zero-order chi connectivity index (χ0) is 20.8. The first-order chi connectivity index (χ1) is 13.8. The fourth-order valence-electron chi connectivity index (χ4n) is 4.72. The van der Waals surface area contributed by atoms with E-state index in [0.29, 0.717) is 11.5 Å². The van der Waals surface area contributed by atoms with Crippen molar-refractivity contribution in [1.29, 1.82) is 0 Å². The molecule has 2 aromatic rings. The van der Waals surface area contributed by atoms with Crippen LogP contribution in [0.15, 0.2) is 83.0 Å².